The second-order valence-corrected chi connectivity index (χ2v) is 6.07. The Balaban J connectivity index is 1.82. The molecule has 0 bridgehead atoms. The molecule has 0 saturated carbocycles. The number of allylic oxidation sites excluding steroid dienone is 3. The molecule has 0 N–H and O–H groups in total. The van der Waals surface area contributed by atoms with Crippen molar-refractivity contribution in [2.75, 3.05) is 0 Å². The Labute approximate surface area is 126 Å². The molecule has 0 aromatic heterocycles. The van der Waals surface area contributed by atoms with E-state index in [1.807, 2.05) is 0 Å². The molecule has 0 nitrogen and oxygen atoms in total. The third-order valence-electron chi connectivity index (χ3n) is 4.70. The largest absolute Gasteiger partial charge is 0.0753 e. The highest BCUT2D eigenvalue weighted by Crippen LogP contribution is 2.43. The lowest BCUT2D eigenvalue weighted by Gasteiger charge is -2.29. The summed E-state index contributed by atoms with van der Waals surface area (Å²) in [5, 5.41) is 0. The van der Waals surface area contributed by atoms with E-state index in [1.54, 1.807) is 0 Å². The molecule has 1 unspecified atom stereocenters. The molecule has 0 heteroatoms. The molecular weight excluding hydrogens is 252 g/mol. The summed E-state index contributed by atoms with van der Waals surface area (Å²) in [6.07, 6.45) is 10.6. The Morgan fingerprint density at radius 3 is 2.90 bits per heavy atom. The summed E-state index contributed by atoms with van der Waals surface area (Å²) in [7, 11) is 0. The Bertz CT molecular complexity index is 746. The van der Waals surface area contributed by atoms with Gasteiger partial charge in [0.1, 0.15) is 0 Å². The minimum atomic E-state index is 0.445. The van der Waals surface area contributed by atoms with Crippen LogP contribution in [0.3, 0.4) is 0 Å². The average molecular weight is 272 g/mol. The van der Waals surface area contributed by atoms with Gasteiger partial charge in [-0.25, -0.2) is 0 Å². The van der Waals surface area contributed by atoms with Gasteiger partial charge in [-0.3, -0.25) is 0 Å². The maximum atomic E-state index is 2.44. The highest BCUT2D eigenvalue weighted by Gasteiger charge is 2.25. The van der Waals surface area contributed by atoms with Crippen LogP contribution in [0.15, 0.2) is 54.6 Å². The van der Waals surface area contributed by atoms with Gasteiger partial charge >= 0.3 is 0 Å². The summed E-state index contributed by atoms with van der Waals surface area (Å²) in [5.74, 6) is 0.445. The van der Waals surface area contributed by atoms with E-state index in [1.165, 1.54) is 46.2 Å². The van der Waals surface area contributed by atoms with Crippen LogP contribution < -0.4 is 0 Å². The van der Waals surface area contributed by atoms with E-state index in [0.717, 1.165) is 6.42 Å². The molecule has 1 atom stereocenters. The summed E-state index contributed by atoms with van der Waals surface area (Å²) < 4.78 is 0. The number of fused-ring (bicyclic) bond motifs is 5. The minimum Gasteiger partial charge on any atom is -0.0753 e. The van der Waals surface area contributed by atoms with Crippen LogP contribution in [0.25, 0.3) is 11.6 Å². The monoisotopic (exact) mass is 272 g/mol. The molecule has 2 aliphatic rings. The molecule has 0 saturated heterocycles. The van der Waals surface area contributed by atoms with Crippen molar-refractivity contribution in [2.24, 2.45) is 0 Å². The van der Waals surface area contributed by atoms with E-state index in [2.05, 4.69) is 67.6 Å². The summed E-state index contributed by atoms with van der Waals surface area (Å²) in [5.41, 5.74) is 8.75. The fourth-order valence-corrected chi connectivity index (χ4v) is 3.67. The quantitative estimate of drug-likeness (QED) is 0.687. The topological polar surface area (TPSA) is 0 Å². The van der Waals surface area contributed by atoms with Gasteiger partial charge in [0.05, 0.1) is 0 Å². The molecule has 0 fully saturated rings. The minimum absolute atomic E-state index is 0.445. The van der Waals surface area contributed by atoms with Gasteiger partial charge in [-0.1, -0.05) is 74.0 Å². The van der Waals surface area contributed by atoms with E-state index in [-0.39, 0.29) is 0 Å². The molecule has 2 aromatic rings. The first kappa shape index (κ1) is 12.6. The van der Waals surface area contributed by atoms with Crippen LogP contribution in [0.1, 0.15) is 47.1 Å². The van der Waals surface area contributed by atoms with Crippen molar-refractivity contribution < 1.29 is 0 Å². The molecule has 21 heavy (non-hydrogen) atoms. The van der Waals surface area contributed by atoms with Gasteiger partial charge in [-0.15, -0.1) is 0 Å². The van der Waals surface area contributed by atoms with Gasteiger partial charge in [-0.2, -0.15) is 0 Å². The third-order valence-corrected chi connectivity index (χ3v) is 4.70. The first-order valence-corrected chi connectivity index (χ1v) is 7.96. The Hall–Kier alpha value is -2.08. The number of benzene rings is 2. The zero-order valence-electron chi connectivity index (χ0n) is 12.5. The first-order valence-electron chi connectivity index (χ1n) is 7.96. The Morgan fingerprint density at radius 1 is 1.10 bits per heavy atom. The SMILES string of the molecule is CCCc1ccc2c(c1)C1C=Cc3ccccc3C1=CC2. The fourth-order valence-electron chi connectivity index (χ4n) is 3.67. The van der Waals surface area contributed by atoms with E-state index >= 15 is 0 Å². The van der Waals surface area contributed by atoms with Crippen LogP contribution in [0.4, 0.5) is 0 Å². The van der Waals surface area contributed by atoms with Crippen molar-refractivity contribution in [1.29, 1.82) is 0 Å². The highest BCUT2D eigenvalue weighted by atomic mass is 14.3. The maximum absolute atomic E-state index is 2.44. The molecule has 0 heterocycles. The van der Waals surface area contributed by atoms with Crippen LogP contribution in [0.2, 0.25) is 0 Å². The zero-order chi connectivity index (χ0) is 14.2. The lowest BCUT2D eigenvalue weighted by Crippen LogP contribution is -2.12. The van der Waals surface area contributed by atoms with Crippen molar-refractivity contribution in [2.45, 2.75) is 32.1 Å². The number of hydrogen-bond acceptors (Lipinski definition) is 0. The standard InChI is InChI=1S/C21H20/c1-2-5-15-8-9-17-11-12-19-18-7-4-3-6-16(18)10-13-20(19)21(17)14-15/h3-4,6-10,12-14,20H,2,5,11H2,1H3. The summed E-state index contributed by atoms with van der Waals surface area (Å²) in [4.78, 5) is 0. The Morgan fingerprint density at radius 2 is 2.00 bits per heavy atom. The van der Waals surface area contributed by atoms with Gasteiger partial charge in [-0.05, 0) is 46.2 Å². The molecule has 2 aliphatic carbocycles. The van der Waals surface area contributed by atoms with E-state index in [4.69, 9.17) is 0 Å². The normalized spacial score (nSPS) is 18.5. The van der Waals surface area contributed by atoms with Gasteiger partial charge < -0.3 is 0 Å². The predicted molar refractivity (Wildman–Crippen MR) is 90.3 cm³/mol. The summed E-state index contributed by atoms with van der Waals surface area (Å²) >= 11 is 0. The van der Waals surface area contributed by atoms with Crippen molar-refractivity contribution in [3.8, 4) is 0 Å². The zero-order valence-corrected chi connectivity index (χ0v) is 12.5. The summed E-state index contributed by atoms with van der Waals surface area (Å²) in [6, 6.07) is 15.8. The van der Waals surface area contributed by atoms with E-state index in [9.17, 15) is 0 Å². The average Bonchev–Trinajstić information content (AvgIpc) is 2.54. The summed E-state index contributed by atoms with van der Waals surface area (Å²) in [6.45, 7) is 2.25. The second kappa shape index (κ2) is 5.04. The molecule has 0 spiro atoms. The van der Waals surface area contributed by atoms with Gasteiger partial charge in [0, 0.05) is 5.92 Å². The second-order valence-electron chi connectivity index (χ2n) is 6.07. The van der Waals surface area contributed by atoms with Crippen LogP contribution in [-0.4, -0.2) is 0 Å². The molecular formula is C21H20. The van der Waals surface area contributed by atoms with Gasteiger partial charge in [0.25, 0.3) is 0 Å². The molecule has 104 valence electrons. The lowest BCUT2D eigenvalue weighted by atomic mass is 9.74. The van der Waals surface area contributed by atoms with E-state index in [0.29, 0.717) is 5.92 Å². The smallest absolute Gasteiger partial charge is 0.0278 e. The molecule has 4 rings (SSSR count). The fraction of sp³-hybridized carbons (Fsp3) is 0.238. The van der Waals surface area contributed by atoms with Crippen molar-refractivity contribution in [3.63, 3.8) is 0 Å². The molecule has 0 aliphatic heterocycles. The number of hydrogen-bond donors (Lipinski definition) is 0. The molecule has 2 aromatic carbocycles. The van der Waals surface area contributed by atoms with Crippen LogP contribution >= 0.6 is 0 Å². The van der Waals surface area contributed by atoms with Crippen LogP contribution in [-0.2, 0) is 12.8 Å². The lowest BCUT2D eigenvalue weighted by molar-refractivity contribution is 0.908. The molecule has 0 radical (unpaired) electrons. The predicted octanol–water partition coefficient (Wildman–Crippen LogP) is 5.39. The van der Waals surface area contributed by atoms with Crippen LogP contribution in [0.5, 0.6) is 0 Å². The highest BCUT2D eigenvalue weighted by molar-refractivity contribution is 5.85. The number of rotatable bonds is 2. The first-order chi connectivity index (χ1) is 10.4. The van der Waals surface area contributed by atoms with Crippen molar-refractivity contribution >= 4 is 11.6 Å². The van der Waals surface area contributed by atoms with Gasteiger partial charge in [0.2, 0.25) is 0 Å². The van der Waals surface area contributed by atoms with Crippen molar-refractivity contribution in [3.05, 3.63) is 82.4 Å². The Kier molecular flexibility index (Phi) is 3.03. The van der Waals surface area contributed by atoms with E-state index < -0.39 is 0 Å². The van der Waals surface area contributed by atoms with Crippen molar-refractivity contribution in [1.82, 2.24) is 0 Å². The molecule has 0 amide bonds. The van der Waals surface area contributed by atoms with Crippen LogP contribution in [0, 0.1) is 0 Å². The number of aryl methyl sites for hydroxylation is 1. The maximum Gasteiger partial charge on any atom is 0.0278 e. The van der Waals surface area contributed by atoms with Gasteiger partial charge in [0.15, 0.2) is 0 Å². The third kappa shape index (κ3) is 2.06.